The Kier molecular flexibility index (Phi) is 13.9. The van der Waals surface area contributed by atoms with Crippen molar-refractivity contribution >= 4 is 43.6 Å². The second-order valence-corrected chi connectivity index (χ2v) is 23.1. The SMILES string of the molecule is N#Cc1cc(-c2cc(-n3c4ccc(-c5cccnc5-c5ccccc5)cc4c4cc(-c5cccnc5-c5ccccc5)ccc43)c(C#N)cc2-n2c3ccc(-c4cccnc4-c4ccccc4)cc3c3cc(-c4cccnc4-c4ccccc4)ccc32)cc(C(F)(F)F)c1. The second kappa shape index (κ2) is 23.2. The van der Waals surface area contributed by atoms with Crippen molar-refractivity contribution in [3.8, 4) is 124 Å². The summed E-state index contributed by atoms with van der Waals surface area (Å²) in [7, 11) is 0. The van der Waals surface area contributed by atoms with Crippen LogP contribution in [0.3, 0.4) is 0 Å². The summed E-state index contributed by atoms with van der Waals surface area (Å²) in [5, 5.41) is 25.8. The molecule has 6 heterocycles. The number of rotatable bonds is 11. The Morgan fingerprint density at radius 3 is 0.947 bits per heavy atom. The van der Waals surface area contributed by atoms with Crippen LogP contribution in [0, 0.1) is 22.7 Å². The van der Waals surface area contributed by atoms with Gasteiger partial charge in [-0.25, -0.2) is 0 Å². The Morgan fingerprint density at radius 2 is 0.628 bits per heavy atom. The Morgan fingerprint density at radius 1 is 0.287 bits per heavy atom. The van der Waals surface area contributed by atoms with Crippen molar-refractivity contribution in [3.63, 3.8) is 0 Å². The van der Waals surface area contributed by atoms with Crippen LogP contribution in [0.4, 0.5) is 13.2 Å². The van der Waals surface area contributed by atoms with Gasteiger partial charge < -0.3 is 9.13 Å². The van der Waals surface area contributed by atoms with E-state index in [1.807, 2.05) is 215 Å². The molecule has 0 saturated heterocycles. The van der Waals surface area contributed by atoms with Crippen LogP contribution >= 0.6 is 0 Å². The molecule has 16 aromatic rings. The lowest BCUT2D eigenvalue weighted by Crippen LogP contribution is -2.07. The van der Waals surface area contributed by atoms with E-state index in [2.05, 4.69) is 54.6 Å². The summed E-state index contributed by atoms with van der Waals surface area (Å²) in [4.78, 5) is 19.6. The predicted molar refractivity (Wildman–Crippen MR) is 370 cm³/mol. The summed E-state index contributed by atoms with van der Waals surface area (Å²) >= 11 is 0. The van der Waals surface area contributed by atoms with Gasteiger partial charge in [0.05, 0.1) is 79.0 Å². The molecule has 0 N–H and O–H groups in total. The number of aromatic nitrogens is 6. The van der Waals surface area contributed by atoms with Gasteiger partial charge in [-0.15, -0.1) is 0 Å². The highest BCUT2D eigenvalue weighted by Gasteiger charge is 2.33. The van der Waals surface area contributed by atoms with Crippen molar-refractivity contribution < 1.29 is 13.2 Å². The lowest BCUT2D eigenvalue weighted by Gasteiger charge is -2.20. The normalized spacial score (nSPS) is 11.5. The molecule has 0 atom stereocenters. The number of benzene rings is 10. The number of halogens is 3. The van der Waals surface area contributed by atoms with E-state index in [1.165, 1.54) is 6.07 Å². The highest BCUT2D eigenvalue weighted by Crippen LogP contribution is 2.47. The Labute approximate surface area is 538 Å². The monoisotopic (exact) mass is 1210 g/mol. The molecule has 6 aromatic heterocycles. The topological polar surface area (TPSA) is 109 Å². The molecule has 0 fully saturated rings. The van der Waals surface area contributed by atoms with E-state index in [9.17, 15) is 10.5 Å². The Balaban J connectivity index is 0.983. The largest absolute Gasteiger partial charge is 0.416 e. The van der Waals surface area contributed by atoms with E-state index in [-0.39, 0.29) is 16.7 Å². The van der Waals surface area contributed by atoms with Gasteiger partial charge >= 0.3 is 6.18 Å². The quantitative estimate of drug-likeness (QED) is 0.128. The fourth-order valence-corrected chi connectivity index (χ4v) is 13.4. The third kappa shape index (κ3) is 9.89. The third-order valence-electron chi connectivity index (χ3n) is 17.6. The molecule has 0 aliphatic heterocycles. The molecule has 0 radical (unpaired) electrons. The second-order valence-electron chi connectivity index (χ2n) is 23.1. The summed E-state index contributed by atoms with van der Waals surface area (Å²) < 4.78 is 50.2. The molecular formula is C83H49F3N8. The van der Waals surface area contributed by atoms with Crippen molar-refractivity contribution in [1.29, 1.82) is 10.5 Å². The van der Waals surface area contributed by atoms with E-state index < -0.39 is 11.7 Å². The zero-order chi connectivity index (χ0) is 63.4. The number of pyridine rings is 4. The van der Waals surface area contributed by atoms with Crippen LogP contribution in [0.25, 0.3) is 156 Å². The molecular weight excluding hydrogens is 1170 g/mol. The van der Waals surface area contributed by atoms with Crippen LogP contribution in [-0.4, -0.2) is 29.1 Å². The number of alkyl halides is 3. The molecule has 0 bridgehead atoms. The van der Waals surface area contributed by atoms with Crippen LogP contribution in [-0.2, 0) is 6.18 Å². The highest BCUT2D eigenvalue weighted by atomic mass is 19.4. The maximum absolute atomic E-state index is 15.4. The van der Waals surface area contributed by atoms with Crippen molar-refractivity contribution in [2.75, 3.05) is 0 Å². The molecule has 0 aliphatic carbocycles. The van der Waals surface area contributed by atoms with E-state index in [4.69, 9.17) is 19.9 Å². The molecule has 10 aromatic carbocycles. The Bertz CT molecular complexity index is 5470. The van der Waals surface area contributed by atoms with Gasteiger partial charge in [-0.2, -0.15) is 23.7 Å². The number of fused-ring (bicyclic) bond motifs is 6. The summed E-state index contributed by atoms with van der Waals surface area (Å²) in [5.41, 5.74) is 17.5. The molecule has 16 rings (SSSR count). The lowest BCUT2D eigenvalue weighted by atomic mass is 9.95. The van der Waals surface area contributed by atoms with Gasteiger partial charge in [-0.1, -0.05) is 170 Å². The number of hydrogen-bond donors (Lipinski definition) is 0. The van der Waals surface area contributed by atoms with E-state index in [0.29, 0.717) is 28.0 Å². The van der Waals surface area contributed by atoms with Gasteiger partial charge in [-0.05, 0) is 131 Å². The standard InChI is InChI=1S/C83H49F3N8/c84-83(85,86)63-42-52(50-87)41-61(43-63)68-49-77(93-73-33-29-57(64-25-13-37-89-79(64)53-17-5-1-6-18-53)44-69(73)70-45-58(30-34-74(70)93)65-26-14-38-90-80(65)54-19-7-2-8-20-54)62(51-88)48-78(68)94-75-35-31-59(66-27-15-39-91-81(66)55-21-9-3-10-22-55)46-71(75)72-47-60(32-36-76(72)94)67-28-16-40-92-82(67)56-23-11-4-12-24-56/h1-49H. The summed E-state index contributed by atoms with van der Waals surface area (Å²) in [5.74, 6) is 0. The van der Waals surface area contributed by atoms with E-state index in [1.54, 1.807) is 30.9 Å². The summed E-state index contributed by atoms with van der Waals surface area (Å²) in [6, 6.07) is 92.6. The molecule has 0 amide bonds. The van der Waals surface area contributed by atoms with Gasteiger partial charge in [0, 0.05) is 96.4 Å². The predicted octanol–water partition coefficient (Wildman–Crippen LogP) is 21.2. The number of hydrogen-bond acceptors (Lipinski definition) is 6. The van der Waals surface area contributed by atoms with Crippen LogP contribution in [0.1, 0.15) is 16.7 Å². The fourth-order valence-electron chi connectivity index (χ4n) is 13.4. The van der Waals surface area contributed by atoms with Crippen molar-refractivity contribution in [1.82, 2.24) is 29.1 Å². The van der Waals surface area contributed by atoms with Gasteiger partial charge in [0.1, 0.15) is 6.07 Å². The molecule has 0 unspecified atom stereocenters. The van der Waals surface area contributed by atoms with Crippen LogP contribution < -0.4 is 0 Å². The van der Waals surface area contributed by atoms with Gasteiger partial charge in [0.15, 0.2) is 0 Å². The minimum Gasteiger partial charge on any atom is -0.309 e. The average molecular weight is 1220 g/mol. The maximum Gasteiger partial charge on any atom is 0.416 e. The molecule has 0 aliphatic rings. The summed E-state index contributed by atoms with van der Waals surface area (Å²) in [6.07, 6.45) is 2.32. The zero-order valence-corrected chi connectivity index (χ0v) is 50.0. The van der Waals surface area contributed by atoms with Crippen LogP contribution in [0.5, 0.6) is 0 Å². The first-order chi connectivity index (χ1) is 46.2. The molecule has 94 heavy (non-hydrogen) atoms. The molecule has 0 spiro atoms. The smallest absolute Gasteiger partial charge is 0.309 e. The minimum absolute atomic E-state index is 0.126. The number of nitriles is 2. The molecule has 8 nitrogen and oxygen atoms in total. The van der Waals surface area contributed by atoms with E-state index >= 15 is 13.2 Å². The van der Waals surface area contributed by atoms with Gasteiger partial charge in [-0.3, -0.25) is 19.9 Å². The summed E-state index contributed by atoms with van der Waals surface area (Å²) in [6.45, 7) is 0. The fraction of sp³-hybridized carbons (Fsp3) is 0.0120. The Hall–Kier alpha value is -12.8. The molecule has 11 heteroatoms. The maximum atomic E-state index is 15.4. The minimum atomic E-state index is -4.82. The first kappa shape index (κ1) is 56.4. The number of nitrogens with zero attached hydrogens (tertiary/aromatic N) is 8. The molecule has 0 saturated carbocycles. The van der Waals surface area contributed by atoms with Crippen LogP contribution in [0.15, 0.2) is 298 Å². The van der Waals surface area contributed by atoms with Gasteiger partial charge in [0.25, 0.3) is 0 Å². The van der Waals surface area contributed by atoms with Gasteiger partial charge in [0.2, 0.25) is 0 Å². The average Bonchev–Trinajstić information content (AvgIpc) is 1.73. The first-order valence-corrected chi connectivity index (χ1v) is 30.6. The lowest BCUT2D eigenvalue weighted by molar-refractivity contribution is -0.137. The van der Waals surface area contributed by atoms with Crippen molar-refractivity contribution in [2.45, 2.75) is 6.18 Å². The highest BCUT2D eigenvalue weighted by molar-refractivity contribution is 6.14. The third-order valence-corrected chi connectivity index (χ3v) is 17.6. The zero-order valence-electron chi connectivity index (χ0n) is 50.0. The molecule has 442 valence electrons. The van der Waals surface area contributed by atoms with Crippen molar-refractivity contribution in [3.05, 3.63) is 314 Å². The first-order valence-electron chi connectivity index (χ1n) is 30.6. The van der Waals surface area contributed by atoms with Crippen molar-refractivity contribution in [2.24, 2.45) is 0 Å². The van der Waals surface area contributed by atoms with E-state index in [0.717, 1.165) is 134 Å². The van der Waals surface area contributed by atoms with Crippen LogP contribution in [0.2, 0.25) is 0 Å².